The van der Waals surface area contributed by atoms with E-state index < -0.39 is 0 Å². The van der Waals surface area contributed by atoms with E-state index in [1.165, 1.54) is 11.3 Å². The molecule has 0 spiro atoms. The summed E-state index contributed by atoms with van der Waals surface area (Å²) in [5, 5.41) is 4.72. The second kappa shape index (κ2) is 5.32. The number of carbonyl (C=O) groups is 1. The first-order valence-corrected chi connectivity index (χ1v) is 5.96. The molecule has 1 rings (SSSR count). The predicted octanol–water partition coefficient (Wildman–Crippen LogP) is 3.21. The molecule has 1 aromatic rings. The molecule has 0 aliphatic rings. The lowest BCUT2D eigenvalue weighted by Gasteiger charge is -2.10. The summed E-state index contributed by atoms with van der Waals surface area (Å²) in [5.74, 6) is -0.0266. The lowest BCUT2D eigenvalue weighted by molar-refractivity contribution is 0.0941. The van der Waals surface area contributed by atoms with Crippen LogP contribution in [-0.4, -0.2) is 11.9 Å². The van der Waals surface area contributed by atoms with Gasteiger partial charge in [-0.15, -0.1) is 17.9 Å². The molecule has 0 aliphatic carbocycles. The van der Waals surface area contributed by atoms with Gasteiger partial charge in [-0.2, -0.15) is 0 Å². The molecular weight excluding hydrogens is 262 g/mol. The summed E-state index contributed by atoms with van der Waals surface area (Å²) >= 11 is 4.83. The quantitative estimate of drug-likeness (QED) is 0.839. The normalized spacial score (nSPS) is 12.1. The van der Waals surface area contributed by atoms with Crippen LogP contribution in [0.1, 0.15) is 23.7 Å². The van der Waals surface area contributed by atoms with Crippen molar-refractivity contribution in [3.05, 3.63) is 33.5 Å². The maximum absolute atomic E-state index is 11.6. The van der Waals surface area contributed by atoms with Crippen molar-refractivity contribution in [2.75, 3.05) is 0 Å². The minimum Gasteiger partial charge on any atom is -0.349 e. The van der Waals surface area contributed by atoms with Gasteiger partial charge in [-0.05, 0) is 35.3 Å². The largest absolute Gasteiger partial charge is 0.349 e. The Morgan fingerprint density at radius 1 is 1.86 bits per heavy atom. The van der Waals surface area contributed by atoms with Crippen LogP contribution >= 0.6 is 27.3 Å². The summed E-state index contributed by atoms with van der Waals surface area (Å²) in [6, 6.07) is 1.96. The molecule has 0 radical (unpaired) electrons. The zero-order valence-corrected chi connectivity index (χ0v) is 10.3. The number of thiophene rings is 1. The standard InChI is InChI=1S/C10H12BrNOS/c1-3-4-7(2)12-10(13)8-5-9(11)14-6-8/h3,5-7H,1,4H2,2H3,(H,12,13). The fraction of sp³-hybridized carbons (Fsp3) is 0.300. The molecule has 1 heterocycles. The molecule has 0 saturated carbocycles. The van der Waals surface area contributed by atoms with Crippen LogP contribution in [0.25, 0.3) is 0 Å². The van der Waals surface area contributed by atoms with Crippen molar-refractivity contribution < 1.29 is 4.79 Å². The molecule has 1 atom stereocenters. The van der Waals surface area contributed by atoms with Gasteiger partial charge in [0.1, 0.15) is 0 Å². The van der Waals surface area contributed by atoms with Crippen molar-refractivity contribution in [2.45, 2.75) is 19.4 Å². The lowest BCUT2D eigenvalue weighted by Crippen LogP contribution is -2.31. The Morgan fingerprint density at radius 3 is 3.07 bits per heavy atom. The molecule has 1 amide bonds. The summed E-state index contributed by atoms with van der Waals surface area (Å²) in [6.45, 7) is 5.59. The Hall–Kier alpha value is -0.610. The SMILES string of the molecule is C=CCC(C)NC(=O)c1csc(Br)c1. The van der Waals surface area contributed by atoms with Gasteiger partial charge in [-0.25, -0.2) is 0 Å². The van der Waals surface area contributed by atoms with Gasteiger partial charge < -0.3 is 5.32 Å². The van der Waals surface area contributed by atoms with Crippen molar-refractivity contribution in [2.24, 2.45) is 0 Å². The molecule has 1 N–H and O–H groups in total. The molecule has 0 aromatic carbocycles. The van der Waals surface area contributed by atoms with E-state index in [4.69, 9.17) is 0 Å². The maximum Gasteiger partial charge on any atom is 0.252 e. The fourth-order valence-corrected chi connectivity index (χ4v) is 2.18. The number of hydrogen-bond acceptors (Lipinski definition) is 2. The average Bonchev–Trinajstić information content (AvgIpc) is 2.52. The first kappa shape index (κ1) is 11.5. The third-order valence-electron chi connectivity index (χ3n) is 1.73. The third kappa shape index (κ3) is 3.27. The Labute approximate surface area is 96.2 Å². The Morgan fingerprint density at radius 2 is 2.57 bits per heavy atom. The molecule has 14 heavy (non-hydrogen) atoms. The van der Waals surface area contributed by atoms with Crippen molar-refractivity contribution in [1.82, 2.24) is 5.32 Å². The molecule has 76 valence electrons. The molecule has 0 bridgehead atoms. The molecule has 1 aromatic heterocycles. The van der Waals surface area contributed by atoms with E-state index in [1.54, 1.807) is 6.08 Å². The second-order valence-electron chi connectivity index (χ2n) is 3.04. The average molecular weight is 274 g/mol. The Balaban J connectivity index is 2.54. The Kier molecular flexibility index (Phi) is 4.35. The third-order valence-corrected chi connectivity index (χ3v) is 3.23. The molecule has 0 fully saturated rings. The zero-order chi connectivity index (χ0) is 10.6. The number of halogens is 1. The van der Waals surface area contributed by atoms with Crippen molar-refractivity contribution in [3.8, 4) is 0 Å². The number of carbonyl (C=O) groups excluding carboxylic acids is 1. The predicted molar refractivity (Wildman–Crippen MR) is 63.8 cm³/mol. The zero-order valence-electron chi connectivity index (χ0n) is 7.92. The molecular formula is C10H12BrNOS. The molecule has 2 nitrogen and oxygen atoms in total. The highest BCUT2D eigenvalue weighted by molar-refractivity contribution is 9.11. The van der Waals surface area contributed by atoms with E-state index in [-0.39, 0.29) is 11.9 Å². The summed E-state index contributed by atoms with van der Waals surface area (Å²) in [5.41, 5.74) is 0.706. The minimum absolute atomic E-state index is 0.0266. The summed E-state index contributed by atoms with van der Waals surface area (Å²) in [7, 11) is 0. The molecule has 0 saturated heterocycles. The molecule has 4 heteroatoms. The van der Waals surface area contributed by atoms with Gasteiger partial charge in [0.2, 0.25) is 0 Å². The van der Waals surface area contributed by atoms with E-state index in [2.05, 4.69) is 27.8 Å². The van der Waals surface area contributed by atoms with Crippen LogP contribution in [-0.2, 0) is 0 Å². The van der Waals surface area contributed by atoms with E-state index >= 15 is 0 Å². The van der Waals surface area contributed by atoms with Crippen LogP contribution in [0.15, 0.2) is 27.9 Å². The van der Waals surface area contributed by atoms with Gasteiger partial charge in [-0.1, -0.05) is 6.08 Å². The van der Waals surface area contributed by atoms with Crippen LogP contribution in [0, 0.1) is 0 Å². The monoisotopic (exact) mass is 273 g/mol. The number of hydrogen-bond donors (Lipinski definition) is 1. The van der Waals surface area contributed by atoms with Crippen LogP contribution < -0.4 is 5.32 Å². The molecule has 0 aliphatic heterocycles. The number of amides is 1. The Bertz CT molecular complexity index is 335. The first-order valence-electron chi connectivity index (χ1n) is 4.29. The van der Waals surface area contributed by atoms with Gasteiger partial charge >= 0.3 is 0 Å². The van der Waals surface area contributed by atoms with Gasteiger partial charge in [0.05, 0.1) is 9.35 Å². The second-order valence-corrected chi connectivity index (χ2v) is 5.33. The molecule has 1 unspecified atom stereocenters. The van der Waals surface area contributed by atoms with Crippen molar-refractivity contribution in [3.63, 3.8) is 0 Å². The van der Waals surface area contributed by atoms with Gasteiger partial charge in [0.15, 0.2) is 0 Å². The van der Waals surface area contributed by atoms with E-state index in [0.29, 0.717) is 5.56 Å². The van der Waals surface area contributed by atoms with Gasteiger partial charge in [-0.3, -0.25) is 4.79 Å². The number of rotatable bonds is 4. The fourth-order valence-electron chi connectivity index (χ4n) is 1.05. The van der Waals surface area contributed by atoms with Crippen LogP contribution in [0.2, 0.25) is 0 Å². The van der Waals surface area contributed by atoms with E-state index in [9.17, 15) is 4.79 Å². The topological polar surface area (TPSA) is 29.1 Å². The maximum atomic E-state index is 11.6. The van der Waals surface area contributed by atoms with Crippen molar-refractivity contribution in [1.29, 1.82) is 0 Å². The summed E-state index contributed by atoms with van der Waals surface area (Å²) in [4.78, 5) is 11.6. The first-order chi connectivity index (χ1) is 6.63. The van der Waals surface area contributed by atoms with Crippen LogP contribution in [0.4, 0.5) is 0 Å². The van der Waals surface area contributed by atoms with Gasteiger partial charge in [0, 0.05) is 11.4 Å². The van der Waals surface area contributed by atoms with Gasteiger partial charge in [0.25, 0.3) is 5.91 Å². The lowest BCUT2D eigenvalue weighted by atomic mass is 10.2. The highest BCUT2D eigenvalue weighted by Crippen LogP contribution is 2.20. The van der Waals surface area contributed by atoms with E-state index in [0.717, 1.165) is 10.2 Å². The highest BCUT2D eigenvalue weighted by atomic mass is 79.9. The minimum atomic E-state index is -0.0266. The van der Waals surface area contributed by atoms with Crippen LogP contribution in [0.5, 0.6) is 0 Å². The summed E-state index contributed by atoms with van der Waals surface area (Å²) < 4.78 is 0.971. The van der Waals surface area contributed by atoms with E-state index in [1.807, 2.05) is 18.4 Å². The highest BCUT2D eigenvalue weighted by Gasteiger charge is 2.09. The van der Waals surface area contributed by atoms with Crippen molar-refractivity contribution >= 4 is 33.2 Å². The summed E-state index contributed by atoms with van der Waals surface area (Å²) in [6.07, 6.45) is 2.59. The number of nitrogens with one attached hydrogen (secondary N) is 1. The van der Waals surface area contributed by atoms with Crippen LogP contribution in [0.3, 0.4) is 0 Å². The smallest absolute Gasteiger partial charge is 0.252 e.